The summed E-state index contributed by atoms with van der Waals surface area (Å²) in [5, 5.41) is 9.96. The van der Waals surface area contributed by atoms with Crippen molar-refractivity contribution in [3.63, 3.8) is 0 Å². The zero-order valence-corrected chi connectivity index (χ0v) is 17.7. The largest absolute Gasteiger partial charge is 0.394 e. The maximum atomic E-state index is 14.1. The van der Waals surface area contributed by atoms with E-state index in [0.29, 0.717) is 5.56 Å². The van der Waals surface area contributed by atoms with E-state index < -0.39 is 11.7 Å². The molecule has 2 fully saturated rings. The number of aliphatic hydroxyl groups excluding tert-OH is 1. The van der Waals surface area contributed by atoms with Gasteiger partial charge in [0.1, 0.15) is 18.2 Å². The van der Waals surface area contributed by atoms with Gasteiger partial charge in [0.15, 0.2) is 0 Å². The Labute approximate surface area is 189 Å². The molecule has 0 unspecified atom stereocenters. The topological polar surface area (TPSA) is 60.9 Å². The Bertz CT molecular complexity index is 1210. The molecule has 0 spiro atoms. The second kappa shape index (κ2) is 8.41. The van der Waals surface area contributed by atoms with Crippen LogP contribution in [0, 0.1) is 11.6 Å². The summed E-state index contributed by atoms with van der Waals surface area (Å²) in [5.74, 6) is -1.63. The van der Waals surface area contributed by atoms with Crippen LogP contribution in [0.2, 0.25) is 0 Å². The predicted octanol–water partition coefficient (Wildman–Crippen LogP) is 3.44. The third-order valence-corrected chi connectivity index (χ3v) is 6.59. The summed E-state index contributed by atoms with van der Waals surface area (Å²) in [6.45, 7) is -0.0155. The maximum absolute atomic E-state index is 14.1. The Hall–Kier alpha value is -3.58. The van der Waals surface area contributed by atoms with E-state index >= 15 is 0 Å². The van der Waals surface area contributed by atoms with Crippen molar-refractivity contribution in [2.45, 2.75) is 18.0 Å². The summed E-state index contributed by atoms with van der Waals surface area (Å²) in [4.78, 5) is 28.8. The van der Waals surface area contributed by atoms with E-state index in [1.807, 2.05) is 24.3 Å². The number of halogens is 2. The molecule has 0 radical (unpaired) electrons. The molecule has 2 aliphatic rings. The fraction of sp³-hybridized carbons (Fsp3) is 0.231. The SMILES string of the molecule is O=C(c1cccc(F)c1)N1CC(=O)N2[C@H](CO)[C@@H](c3ccc(-c4ccccc4F)cc3)[C@@H]2C1. The molecule has 0 saturated carbocycles. The fourth-order valence-corrected chi connectivity index (χ4v) is 5.04. The van der Waals surface area contributed by atoms with Crippen LogP contribution in [-0.2, 0) is 4.79 Å². The van der Waals surface area contributed by atoms with Gasteiger partial charge in [0.05, 0.1) is 18.7 Å². The molecule has 2 heterocycles. The fourth-order valence-electron chi connectivity index (χ4n) is 5.04. The number of aliphatic hydroxyl groups is 1. The van der Waals surface area contributed by atoms with Gasteiger partial charge in [-0.2, -0.15) is 0 Å². The molecule has 3 aromatic carbocycles. The quantitative estimate of drug-likeness (QED) is 0.665. The number of hydrogen-bond acceptors (Lipinski definition) is 3. The van der Waals surface area contributed by atoms with E-state index in [1.54, 1.807) is 23.1 Å². The molecule has 0 aromatic heterocycles. The summed E-state index contributed by atoms with van der Waals surface area (Å²) in [5.41, 5.74) is 2.33. The Kier molecular flexibility index (Phi) is 5.42. The Morgan fingerprint density at radius 1 is 1.00 bits per heavy atom. The van der Waals surface area contributed by atoms with Crippen LogP contribution in [0.3, 0.4) is 0 Å². The number of piperazine rings is 1. The first-order valence-corrected chi connectivity index (χ1v) is 10.8. The molecule has 0 aliphatic carbocycles. The molecule has 7 heteroatoms. The first-order valence-electron chi connectivity index (χ1n) is 10.8. The molecule has 1 N–H and O–H groups in total. The Morgan fingerprint density at radius 2 is 1.76 bits per heavy atom. The number of hydrogen-bond donors (Lipinski definition) is 1. The van der Waals surface area contributed by atoms with Gasteiger partial charge in [-0.15, -0.1) is 0 Å². The molecule has 2 saturated heterocycles. The van der Waals surface area contributed by atoms with Crippen LogP contribution in [0.4, 0.5) is 8.78 Å². The van der Waals surface area contributed by atoms with Gasteiger partial charge in [0.25, 0.3) is 5.91 Å². The third kappa shape index (κ3) is 3.68. The number of fused-ring (bicyclic) bond motifs is 1. The minimum absolute atomic E-state index is 0.110. The number of benzene rings is 3. The van der Waals surface area contributed by atoms with Gasteiger partial charge in [-0.3, -0.25) is 9.59 Å². The minimum atomic E-state index is -0.511. The van der Waals surface area contributed by atoms with Gasteiger partial charge in [0, 0.05) is 23.6 Å². The number of amides is 2. The van der Waals surface area contributed by atoms with Crippen molar-refractivity contribution < 1.29 is 23.5 Å². The third-order valence-electron chi connectivity index (χ3n) is 6.59. The first kappa shape index (κ1) is 21.3. The van der Waals surface area contributed by atoms with Gasteiger partial charge in [-0.05, 0) is 35.4 Å². The summed E-state index contributed by atoms with van der Waals surface area (Å²) in [6, 6.07) is 18.7. The van der Waals surface area contributed by atoms with E-state index in [-0.39, 0.29) is 55.0 Å². The average molecular weight is 448 g/mol. The van der Waals surface area contributed by atoms with Crippen molar-refractivity contribution in [3.8, 4) is 11.1 Å². The predicted molar refractivity (Wildman–Crippen MR) is 118 cm³/mol. The smallest absolute Gasteiger partial charge is 0.254 e. The number of rotatable bonds is 4. The summed E-state index contributed by atoms with van der Waals surface area (Å²) >= 11 is 0. The van der Waals surface area contributed by atoms with E-state index in [1.165, 1.54) is 29.2 Å². The second-order valence-electron chi connectivity index (χ2n) is 8.44. The zero-order chi connectivity index (χ0) is 23.1. The highest BCUT2D eigenvalue weighted by Crippen LogP contribution is 2.43. The molecule has 2 amide bonds. The van der Waals surface area contributed by atoms with Crippen LogP contribution in [0.25, 0.3) is 11.1 Å². The molecule has 2 aliphatic heterocycles. The Balaban J connectivity index is 1.40. The highest BCUT2D eigenvalue weighted by Gasteiger charge is 2.54. The lowest BCUT2D eigenvalue weighted by molar-refractivity contribution is -0.159. The molecule has 168 valence electrons. The zero-order valence-electron chi connectivity index (χ0n) is 17.7. The molecule has 3 aromatic rings. The number of carbonyl (C=O) groups is 2. The maximum Gasteiger partial charge on any atom is 0.254 e. The molecular weight excluding hydrogens is 426 g/mol. The van der Waals surface area contributed by atoms with Crippen LogP contribution in [0.5, 0.6) is 0 Å². The average Bonchev–Trinajstić information content (AvgIpc) is 2.81. The van der Waals surface area contributed by atoms with Gasteiger partial charge >= 0.3 is 0 Å². The molecular formula is C26H22F2N2O3. The van der Waals surface area contributed by atoms with Crippen molar-refractivity contribution in [2.75, 3.05) is 19.7 Å². The minimum Gasteiger partial charge on any atom is -0.394 e. The molecule has 33 heavy (non-hydrogen) atoms. The van der Waals surface area contributed by atoms with Crippen LogP contribution in [-0.4, -0.2) is 58.5 Å². The molecule has 5 nitrogen and oxygen atoms in total. The number of nitrogens with zero attached hydrogens (tertiary/aromatic N) is 2. The summed E-state index contributed by atoms with van der Waals surface area (Å²) < 4.78 is 27.7. The highest BCUT2D eigenvalue weighted by molar-refractivity contribution is 5.97. The lowest BCUT2D eigenvalue weighted by atomic mass is 9.73. The first-order chi connectivity index (χ1) is 16.0. The van der Waals surface area contributed by atoms with Gasteiger partial charge in [-0.25, -0.2) is 8.78 Å². The van der Waals surface area contributed by atoms with Crippen molar-refractivity contribution in [1.29, 1.82) is 0 Å². The van der Waals surface area contributed by atoms with Crippen molar-refractivity contribution in [2.24, 2.45) is 0 Å². The van der Waals surface area contributed by atoms with Crippen LogP contribution in [0.15, 0.2) is 72.8 Å². The number of carbonyl (C=O) groups excluding carboxylic acids is 2. The van der Waals surface area contributed by atoms with E-state index in [4.69, 9.17) is 0 Å². The van der Waals surface area contributed by atoms with Crippen LogP contribution >= 0.6 is 0 Å². The van der Waals surface area contributed by atoms with Gasteiger partial charge in [-0.1, -0.05) is 48.5 Å². The molecule has 5 rings (SSSR count). The Morgan fingerprint density at radius 3 is 2.45 bits per heavy atom. The standard InChI is InChI=1S/C26H22F2N2O3/c27-19-5-3-4-18(12-19)26(33)29-13-22-25(23(15-31)30(22)24(32)14-29)17-10-8-16(9-11-17)20-6-1-2-7-21(20)28/h1-12,22-23,25,31H,13-15H2/t22-,23+,25-/m0/s1. The van der Waals surface area contributed by atoms with E-state index in [0.717, 1.165) is 17.2 Å². The molecule has 0 bridgehead atoms. The second-order valence-corrected chi connectivity index (χ2v) is 8.44. The molecule has 3 atom stereocenters. The summed E-state index contributed by atoms with van der Waals surface area (Å²) in [7, 11) is 0. The van der Waals surface area contributed by atoms with Crippen molar-refractivity contribution in [1.82, 2.24) is 9.80 Å². The van der Waals surface area contributed by atoms with Gasteiger partial charge in [0.2, 0.25) is 5.91 Å². The normalized spacial score (nSPS) is 22.0. The lowest BCUT2D eigenvalue weighted by Gasteiger charge is -2.58. The summed E-state index contributed by atoms with van der Waals surface area (Å²) in [6.07, 6.45) is 0. The van der Waals surface area contributed by atoms with E-state index in [9.17, 15) is 23.5 Å². The monoisotopic (exact) mass is 448 g/mol. The van der Waals surface area contributed by atoms with Crippen molar-refractivity contribution in [3.05, 3.63) is 95.6 Å². The van der Waals surface area contributed by atoms with Crippen LogP contribution < -0.4 is 0 Å². The van der Waals surface area contributed by atoms with Crippen LogP contribution in [0.1, 0.15) is 21.8 Å². The van der Waals surface area contributed by atoms with E-state index in [2.05, 4.69) is 0 Å². The lowest BCUT2D eigenvalue weighted by Crippen LogP contribution is -2.73. The van der Waals surface area contributed by atoms with Gasteiger partial charge < -0.3 is 14.9 Å². The van der Waals surface area contributed by atoms with Crippen molar-refractivity contribution >= 4 is 11.8 Å². The highest BCUT2D eigenvalue weighted by atomic mass is 19.1.